The summed E-state index contributed by atoms with van der Waals surface area (Å²) in [4.78, 5) is 19.0. The summed E-state index contributed by atoms with van der Waals surface area (Å²) >= 11 is 0. The average molecular weight is 322 g/mol. The first kappa shape index (κ1) is 17.5. The monoisotopic (exact) mass is 322 g/mol. The van der Waals surface area contributed by atoms with Crippen LogP contribution in [0.4, 0.5) is 11.5 Å². The highest BCUT2D eigenvalue weighted by Crippen LogP contribution is 2.16. The summed E-state index contributed by atoms with van der Waals surface area (Å²) in [5.41, 5.74) is 1.80. The molecule has 0 fully saturated rings. The zero-order chi connectivity index (χ0) is 17.4. The minimum Gasteiger partial charge on any atom is -0.357 e. The van der Waals surface area contributed by atoms with Gasteiger partial charge in [-0.05, 0) is 49.2 Å². The lowest BCUT2D eigenvalue weighted by Gasteiger charge is -2.22. The molecule has 1 aromatic heterocycles. The molecule has 0 saturated heterocycles. The fourth-order valence-electron chi connectivity index (χ4n) is 2.44. The molecule has 5 nitrogen and oxygen atoms in total. The summed E-state index contributed by atoms with van der Waals surface area (Å²) in [5, 5.41) is 11.7. The van der Waals surface area contributed by atoms with Crippen LogP contribution in [0.2, 0.25) is 0 Å². The normalized spacial score (nSPS) is 10.0. The zero-order valence-electron chi connectivity index (χ0n) is 14.1. The number of benzene rings is 1. The van der Waals surface area contributed by atoms with Crippen molar-refractivity contribution in [3.63, 3.8) is 0 Å². The number of carbonyl (C=O) groups is 1. The van der Waals surface area contributed by atoms with Gasteiger partial charge in [-0.15, -0.1) is 0 Å². The van der Waals surface area contributed by atoms with Gasteiger partial charge >= 0.3 is 0 Å². The number of anilines is 2. The van der Waals surface area contributed by atoms with Gasteiger partial charge in [0.25, 0.3) is 5.91 Å². The van der Waals surface area contributed by atoms with Gasteiger partial charge in [0.1, 0.15) is 5.82 Å². The van der Waals surface area contributed by atoms with E-state index in [9.17, 15) is 4.79 Å². The molecule has 2 rings (SSSR count). The number of hydrogen-bond donors (Lipinski definition) is 1. The van der Waals surface area contributed by atoms with Gasteiger partial charge in [0.05, 0.1) is 11.6 Å². The Hall–Kier alpha value is -2.87. The first-order valence-corrected chi connectivity index (χ1v) is 8.20. The average Bonchev–Trinajstić information content (AvgIpc) is 2.62. The van der Waals surface area contributed by atoms with E-state index in [0.717, 1.165) is 31.7 Å². The lowest BCUT2D eigenvalue weighted by atomic mass is 10.2. The number of nitrogens with one attached hydrogen (secondary N) is 1. The maximum atomic E-state index is 12.4. The quantitative estimate of drug-likeness (QED) is 0.841. The molecule has 1 aromatic carbocycles. The summed E-state index contributed by atoms with van der Waals surface area (Å²) in [5.74, 6) is 0.641. The van der Waals surface area contributed by atoms with E-state index in [0.29, 0.717) is 16.8 Å². The third-order valence-corrected chi connectivity index (χ3v) is 3.59. The van der Waals surface area contributed by atoms with Crippen molar-refractivity contribution in [2.24, 2.45) is 0 Å². The summed E-state index contributed by atoms with van der Waals surface area (Å²) in [6, 6.07) is 12.4. The van der Waals surface area contributed by atoms with Gasteiger partial charge in [-0.2, -0.15) is 5.26 Å². The van der Waals surface area contributed by atoms with Crippen molar-refractivity contribution in [3.8, 4) is 6.07 Å². The first-order valence-electron chi connectivity index (χ1n) is 8.20. The number of nitrogens with zero attached hydrogens (tertiary/aromatic N) is 3. The van der Waals surface area contributed by atoms with Crippen LogP contribution >= 0.6 is 0 Å². The number of amides is 1. The molecule has 0 aliphatic heterocycles. The fourth-order valence-corrected chi connectivity index (χ4v) is 2.44. The van der Waals surface area contributed by atoms with Crippen molar-refractivity contribution in [3.05, 3.63) is 53.7 Å². The molecule has 0 aliphatic carbocycles. The van der Waals surface area contributed by atoms with Crippen molar-refractivity contribution < 1.29 is 4.79 Å². The smallest absolute Gasteiger partial charge is 0.255 e. The molecule has 0 aliphatic rings. The number of hydrogen-bond acceptors (Lipinski definition) is 4. The molecule has 124 valence electrons. The lowest BCUT2D eigenvalue weighted by molar-refractivity contribution is 0.102. The van der Waals surface area contributed by atoms with Crippen molar-refractivity contribution in [1.29, 1.82) is 5.26 Å². The molecule has 0 saturated carbocycles. The van der Waals surface area contributed by atoms with Crippen LogP contribution in [0.25, 0.3) is 0 Å². The maximum absolute atomic E-state index is 12.4. The summed E-state index contributed by atoms with van der Waals surface area (Å²) < 4.78 is 0. The van der Waals surface area contributed by atoms with Crippen LogP contribution in [-0.2, 0) is 0 Å². The second-order valence-corrected chi connectivity index (χ2v) is 5.53. The largest absolute Gasteiger partial charge is 0.357 e. The maximum Gasteiger partial charge on any atom is 0.255 e. The Labute approximate surface area is 142 Å². The van der Waals surface area contributed by atoms with E-state index in [1.54, 1.807) is 36.5 Å². The van der Waals surface area contributed by atoms with Gasteiger partial charge in [0.15, 0.2) is 0 Å². The van der Waals surface area contributed by atoms with E-state index in [1.807, 2.05) is 6.07 Å². The number of nitriles is 1. The fraction of sp³-hybridized carbons (Fsp3) is 0.316. The van der Waals surface area contributed by atoms with Crippen molar-refractivity contribution in [1.82, 2.24) is 4.98 Å². The Bertz CT molecular complexity index is 713. The molecule has 1 N–H and O–H groups in total. The molecule has 0 spiro atoms. The molecule has 0 atom stereocenters. The Kier molecular flexibility index (Phi) is 6.32. The van der Waals surface area contributed by atoms with Crippen molar-refractivity contribution in [2.75, 3.05) is 23.3 Å². The highest BCUT2D eigenvalue weighted by atomic mass is 16.1. The van der Waals surface area contributed by atoms with Crippen molar-refractivity contribution in [2.45, 2.75) is 26.7 Å². The van der Waals surface area contributed by atoms with E-state index < -0.39 is 0 Å². The Morgan fingerprint density at radius 2 is 1.83 bits per heavy atom. The molecule has 2 aromatic rings. The van der Waals surface area contributed by atoms with E-state index in [4.69, 9.17) is 5.26 Å². The second kappa shape index (κ2) is 8.68. The topological polar surface area (TPSA) is 69.0 Å². The molecule has 0 unspecified atom stereocenters. The van der Waals surface area contributed by atoms with E-state index in [2.05, 4.69) is 35.1 Å². The van der Waals surface area contributed by atoms with Crippen molar-refractivity contribution >= 4 is 17.4 Å². The minimum atomic E-state index is -0.184. The Morgan fingerprint density at radius 1 is 1.17 bits per heavy atom. The number of rotatable bonds is 7. The Morgan fingerprint density at radius 3 is 2.42 bits per heavy atom. The van der Waals surface area contributed by atoms with Crippen LogP contribution in [0.5, 0.6) is 0 Å². The van der Waals surface area contributed by atoms with Crippen LogP contribution in [-0.4, -0.2) is 24.0 Å². The van der Waals surface area contributed by atoms with Gasteiger partial charge in [0, 0.05) is 30.5 Å². The van der Waals surface area contributed by atoms with Gasteiger partial charge < -0.3 is 10.2 Å². The van der Waals surface area contributed by atoms with Gasteiger partial charge in [-0.3, -0.25) is 4.79 Å². The third kappa shape index (κ3) is 4.56. The Balaban J connectivity index is 2.14. The molecule has 1 amide bonds. The predicted molar refractivity (Wildman–Crippen MR) is 96.1 cm³/mol. The number of carbonyl (C=O) groups excluding carboxylic acids is 1. The van der Waals surface area contributed by atoms with Crippen LogP contribution in [0.1, 0.15) is 42.6 Å². The predicted octanol–water partition coefficient (Wildman–Crippen LogP) is 3.83. The molecule has 24 heavy (non-hydrogen) atoms. The molecule has 5 heteroatoms. The van der Waals surface area contributed by atoms with Crippen LogP contribution in [0.15, 0.2) is 42.6 Å². The molecule has 0 radical (unpaired) electrons. The molecular weight excluding hydrogens is 300 g/mol. The molecular formula is C19H22N4O. The second-order valence-electron chi connectivity index (χ2n) is 5.53. The number of aromatic nitrogens is 1. The SMILES string of the molecule is CCCN(CCC)c1cc(C(=O)Nc2ccc(C#N)cc2)ccn1. The van der Waals surface area contributed by atoms with E-state index in [-0.39, 0.29) is 5.91 Å². The van der Waals surface area contributed by atoms with Gasteiger partial charge in [-0.25, -0.2) is 4.98 Å². The first-order chi connectivity index (χ1) is 11.7. The van der Waals surface area contributed by atoms with Crippen LogP contribution in [0, 0.1) is 11.3 Å². The summed E-state index contributed by atoms with van der Waals surface area (Å²) in [6.45, 7) is 6.09. The molecule has 0 bridgehead atoms. The lowest BCUT2D eigenvalue weighted by Crippen LogP contribution is -2.26. The number of pyridine rings is 1. The highest BCUT2D eigenvalue weighted by molar-refractivity contribution is 6.04. The van der Waals surface area contributed by atoms with Gasteiger partial charge in [-0.1, -0.05) is 13.8 Å². The summed E-state index contributed by atoms with van der Waals surface area (Å²) in [7, 11) is 0. The standard InChI is InChI=1S/C19H22N4O/c1-3-11-23(12-4-2)18-13-16(9-10-21-18)19(24)22-17-7-5-15(14-20)6-8-17/h5-10,13H,3-4,11-12H2,1-2H3,(H,22,24). The van der Waals surface area contributed by atoms with E-state index in [1.165, 1.54) is 0 Å². The minimum absolute atomic E-state index is 0.184. The highest BCUT2D eigenvalue weighted by Gasteiger charge is 2.11. The molecule has 1 heterocycles. The zero-order valence-corrected chi connectivity index (χ0v) is 14.1. The summed E-state index contributed by atoms with van der Waals surface area (Å²) in [6.07, 6.45) is 3.73. The van der Waals surface area contributed by atoms with Crippen LogP contribution < -0.4 is 10.2 Å². The van der Waals surface area contributed by atoms with Crippen LogP contribution in [0.3, 0.4) is 0 Å². The van der Waals surface area contributed by atoms with E-state index >= 15 is 0 Å². The van der Waals surface area contributed by atoms with Gasteiger partial charge in [0.2, 0.25) is 0 Å². The third-order valence-electron chi connectivity index (χ3n) is 3.59.